The summed E-state index contributed by atoms with van der Waals surface area (Å²) < 4.78 is 18.3. The molecule has 8 nitrogen and oxygen atoms in total. The van der Waals surface area contributed by atoms with Crippen LogP contribution in [0.4, 0.5) is 9.59 Å². The fourth-order valence-corrected chi connectivity index (χ4v) is 1.09. The van der Waals surface area contributed by atoms with Crippen LogP contribution in [0.25, 0.3) is 0 Å². The first-order valence-corrected chi connectivity index (χ1v) is 5.05. The molecule has 0 aromatic heterocycles. The van der Waals surface area contributed by atoms with Crippen LogP contribution in [-0.2, 0) is 23.7 Å². The van der Waals surface area contributed by atoms with Crippen molar-refractivity contribution in [2.24, 2.45) is 0 Å². The van der Waals surface area contributed by atoms with E-state index in [1.165, 1.54) is 7.11 Å². The summed E-state index contributed by atoms with van der Waals surface area (Å²) in [7, 11) is 1.22. The second-order valence-electron chi connectivity index (χ2n) is 3.25. The van der Waals surface area contributed by atoms with Gasteiger partial charge in [-0.2, -0.15) is 0 Å². The molecule has 1 aliphatic rings. The van der Waals surface area contributed by atoms with E-state index < -0.39 is 24.3 Å². The molecule has 0 spiro atoms. The fraction of sp³-hybridized carbons (Fsp3) is 0.500. The summed E-state index contributed by atoms with van der Waals surface area (Å²) in [5.41, 5.74) is -0.0149. The zero-order valence-electron chi connectivity index (χ0n) is 9.76. The van der Waals surface area contributed by atoms with Gasteiger partial charge in [-0.05, 0) is 0 Å². The number of hydrogen-bond acceptors (Lipinski definition) is 7. The molecule has 0 bridgehead atoms. The van der Waals surface area contributed by atoms with Gasteiger partial charge in [-0.3, -0.25) is 0 Å². The minimum absolute atomic E-state index is 0.0149. The molecule has 1 heterocycles. The van der Waals surface area contributed by atoms with Crippen molar-refractivity contribution < 1.29 is 33.3 Å². The standard InChI is InChI=1S/C10H13NO7/c1-6(7-5-17-10(14)18-7)8(12)16-4-3-11-9(13)15-2/h7H,1,3-5H2,2H3,(H,11,13). The Labute approximate surface area is 103 Å². The molecule has 1 fully saturated rings. The van der Waals surface area contributed by atoms with Crippen LogP contribution in [0.3, 0.4) is 0 Å². The van der Waals surface area contributed by atoms with E-state index in [0.29, 0.717) is 0 Å². The van der Waals surface area contributed by atoms with Crippen LogP contribution in [-0.4, -0.2) is 51.2 Å². The van der Waals surface area contributed by atoms with Crippen molar-refractivity contribution in [1.82, 2.24) is 5.32 Å². The maximum absolute atomic E-state index is 11.4. The monoisotopic (exact) mass is 259 g/mol. The topological polar surface area (TPSA) is 100 Å². The lowest BCUT2D eigenvalue weighted by atomic mass is 10.2. The number of hydrogen-bond donors (Lipinski definition) is 1. The van der Waals surface area contributed by atoms with Gasteiger partial charge in [-0.1, -0.05) is 6.58 Å². The minimum Gasteiger partial charge on any atom is -0.460 e. The Morgan fingerprint density at radius 2 is 2.28 bits per heavy atom. The van der Waals surface area contributed by atoms with Gasteiger partial charge in [-0.15, -0.1) is 0 Å². The average Bonchev–Trinajstić information content (AvgIpc) is 2.79. The lowest BCUT2D eigenvalue weighted by molar-refractivity contribution is -0.139. The predicted molar refractivity (Wildman–Crippen MR) is 56.7 cm³/mol. The number of methoxy groups -OCH3 is 1. The molecule has 8 heteroatoms. The largest absolute Gasteiger partial charge is 0.509 e. The fourth-order valence-electron chi connectivity index (χ4n) is 1.09. The lowest BCUT2D eigenvalue weighted by Crippen LogP contribution is -2.29. The maximum atomic E-state index is 11.4. The van der Waals surface area contributed by atoms with E-state index in [0.717, 1.165) is 0 Å². The molecule has 0 aromatic rings. The Kier molecular flexibility index (Phi) is 4.97. The second-order valence-corrected chi connectivity index (χ2v) is 3.25. The number of nitrogens with one attached hydrogen (secondary N) is 1. The Balaban J connectivity index is 2.22. The molecule has 0 radical (unpaired) electrons. The van der Waals surface area contributed by atoms with Crippen molar-refractivity contribution in [1.29, 1.82) is 0 Å². The van der Waals surface area contributed by atoms with Gasteiger partial charge in [0.1, 0.15) is 13.2 Å². The smallest absolute Gasteiger partial charge is 0.460 e. The average molecular weight is 259 g/mol. The van der Waals surface area contributed by atoms with Crippen molar-refractivity contribution in [3.05, 3.63) is 12.2 Å². The normalized spacial score (nSPS) is 17.4. The number of ether oxygens (including phenoxy) is 4. The molecule has 100 valence electrons. The zero-order valence-corrected chi connectivity index (χ0v) is 9.76. The number of alkyl carbamates (subject to hydrolysis) is 1. The summed E-state index contributed by atoms with van der Waals surface area (Å²) in [6, 6.07) is 0. The Bertz CT molecular complexity index is 365. The highest BCUT2D eigenvalue weighted by Gasteiger charge is 2.31. The van der Waals surface area contributed by atoms with E-state index in [4.69, 9.17) is 4.74 Å². The van der Waals surface area contributed by atoms with Gasteiger partial charge >= 0.3 is 18.2 Å². The van der Waals surface area contributed by atoms with E-state index in [9.17, 15) is 14.4 Å². The zero-order chi connectivity index (χ0) is 13.5. The summed E-state index contributed by atoms with van der Waals surface area (Å²) in [5.74, 6) is -0.718. The number of esters is 1. The molecular weight excluding hydrogens is 246 g/mol. The number of carbonyl (C=O) groups is 3. The molecule has 1 saturated heterocycles. The highest BCUT2D eigenvalue weighted by atomic mass is 16.8. The Hall–Kier alpha value is -2.25. The molecular formula is C10H13NO7. The van der Waals surface area contributed by atoms with Crippen LogP contribution in [0, 0.1) is 0 Å². The first kappa shape index (κ1) is 13.8. The predicted octanol–water partition coefficient (Wildman–Crippen LogP) is -0.0228. The van der Waals surface area contributed by atoms with E-state index >= 15 is 0 Å². The van der Waals surface area contributed by atoms with Crippen molar-refractivity contribution in [2.45, 2.75) is 6.10 Å². The molecule has 0 saturated carbocycles. The molecule has 0 aromatic carbocycles. The van der Waals surface area contributed by atoms with Gasteiger partial charge in [0, 0.05) is 0 Å². The molecule has 1 unspecified atom stereocenters. The molecule has 1 amide bonds. The van der Waals surface area contributed by atoms with Crippen molar-refractivity contribution >= 4 is 18.2 Å². The van der Waals surface area contributed by atoms with Crippen molar-refractivity contribution in [2.75, 3.05) is 26.9 Å². The number of rotatable bonds is 5. The Morgan fingerprint density at radius 1 is 1.56 bits per heavy atom. The van der Waals surface area contributed by atoms with E-state index in [1.807, 2.05) is 0 Å². The number of amides is 1. The molecule has 0 aliphatic carbocycles. The molecule has 1 atom stereocenters. The third kappa shape index (κ3) is 3.96. The third-order valence-electron chi connectivity index (χ3n) is 2.03. The highest BCUT2D eigenvalue weighted by Crippen LogP contribution is 2.14. The Morgan fingerprint density at radius 3 is 2.83 bits per heavy atom. The number of cyclic esters (lactones) is 2. The summed E-state index contributed by atoms with van der Waals surface area (Å²) in [6.45, 7) is 3.45. The van der Waals surface area contributed by atoms with Crippen molar-refractivity contribution in [3.63, 3.8) is 0 Å². The van der Waals surface area contributed by atoms with Gasteiger partial charge < -0.3 is 24.3 Å². The molecule has 1 N–H and O–H groups in total. The summed E-state index contributed by atoms with van der Waals surface area (Å²) in [5, 5.41) is 2.33. The first-order valence-electron chi connectivity index (χ1n) is 5.05. The van der Waals surface area contributed by atoms with Crippen LogP contribution in [0.1, 0.15) is 0 Å². The van der Waals surface area contributed by atoms with E-state index in [-0.39, 0.29) is 25.3 Å². The van der Waals surface area contributed by atoms with Crippen LogP contribution >= 0.6 is 0 Å². The van der Waals surface area contributed by atoms with Gasteiger partial charge in [0.2, 0.25) is 0 Å². The quantitative estimate of drug-likeness (QED) is 0.320. The minimum atomic E-state index is -0.846. The van der Waals surface area contributed by atoms with Gasteiger partial charge in [0.25, 0.3) is 0 Å². The summed E-state index contributed by atoms with van der Waals surface area (Å²) >= 11 is 0. The van der Waals surface area contributed by atoms with Crippen LogP contribution < -0.4 is 5.32 Å². The van der Waals surface area contributed by atoms with Crippen LogP contribution in [0.2, 0.25) is 0 Å². The summed E-state index contributed by atoms with van der Waals surface area (Å²) in [6.07, 6.45) is -2.29. The number of carbonyl (C=O) groups excluding carboxylic acids is 3. The van der Waals surface area contributed by atoms with Gasteiger partial charge in [0.05, 0.1) is 19.2 Å². The lowest BCUT2D eigenvalue weighted by Gasteiger charge is -2.10. The van der Waals surface area contributed by atoms with Crippen LogP contribution in [0.15, 0.2) is 12.2 Å². The van der Waals surface area contributed by atoms with E-state index in [2.05, 4.69) is 26.1 Å². The second kappa shape index (κ2) is 6.48. The highest BCUT2D eigenvalue weighted by molar-refractivity contribution is 5.89. The van der Waals surface area contributed by atoms with E-state index in [1.54, 1.807) is 0 Å². The van der Waals surface area contributed by atoms with Gasteiger partial charge in [0.15, 0.2) is 6.10 Å². The van der Waals surface area contributed by atoms with Crippen LogP contribution in [0.5, 0.6) is 0 Å². The molecule has 1 rings (SSSR count). The SMILES string of the molecule is C=C(C(=O)OCCNC(=O)OC)C1COC(=O)O1. The molecule has 1 aliphatic heterocycles. The van der Waals surface area contributed by atoms with Crippen molar-refractivity contribution in [3.8, 4) is 0 Å². The summed E-state index contributed by atoms with van der Waals surface area (Å²) in [4.78, 5) is 32.8. The first-order chi connectivity index (χ1) is 8.54. The maximum Gasteiger partial charge on any atom is 0.509 e. The third-order valence-corrected chi connectivity index (χ3v) is 2.03. The molecule has 18 heavy (non-hydrogen) atoms. The van der Waals surface area contributed by atoms with Gasteiger partial charge in [-0.25, -0.2) is 14.4 Å².